The van der Waals surface area contributed by atoms with Crippen molar-refractivity contribution in [2.45, 2.75) is 56.8 Å². The van der Waals surface area contributed by atoms with Gasteiger partial charge in [-0.05, 0) is 43.9 Å². The number of nitriles is 1. The van der Waals surface area contributed by atoms with E-state index in [-0.39, 0.29) is 68.5 Å². The van der Waals surface area contributed by atoms with E-state index in [0.29, 0.717) is 92.1 Å². The number of rotatable bonds is 26. The number of pyridine rings is 2. The van der Waals surface area contributed by atoms with Gasteiger partial charge in [0.15, 0.2) is 17.2 Å². The van der Waals surface area contributed by atoms with Crippen LogP contribution in [-0.2, 0) is 33.3 Å². The molecule has 2 atom stereocenters. The number of nitrogens with zero attached hydrogens (tertiary/aromatic N) is 6. The number of halogens is 1. The number of carbonyl (C=O) groups is 5. The Morgan fingerprint density at radius 1 is 0.873 bits per heavy atom. The Morgan fingerprint density at radius 2 is 1.59 bits per heavy atom. The molecule has 3 aliphatic rings. The normalized spacial score (nSPS) is 16.6. The molecule has 1 saturated carbocycles. The number of alkyl halides is 1. The standard InChI is InChI=1S/C43H48FN9O10/c44-29(4-8-36(54)32-25-47-37(21-34(32)50-30-5-6-30)53-40-28(24-49-53)20-27(22-45)23-48-40)26-63-19-18-62-17-16-61-15-14-60-13-12-59-11-10-46-33-3-1-2-31-39(33)43(58)52(42(31)57)35-7-9-38(55)51-41(35)56/h1-3,20-21,23-25,29-30,35,46H,4-19,26H2,(H,47,50)(H,51,55,56). The highest BCUT2D eigenvalue weighted by molar-refractivity contribution is 6.25. The number of carbonyl (C=O) groups excluding carboxylic acids is 5. The molecule has 1 aliphatic carbocycles. The van der Waals surface area contributed by atoms with Crippen LogP contribution in [0.1, 0.15) is 75.2 Å². The number of hydrogen-bond donors (Lipinski definition) is 3. The van der Waals surface area contributed by atoms with Gasteiger partial charge in [0.05, 0.1) is 100 Å². The molecule has 0 bridgehead atoms. The first kappa shape index (κ1) is 44.8. The van der Waals surface area contributed by atoms with Crippen LogP contribution in [0.25, 0.3) is 16.9 Å². The number of amides is 4. The van der Waals surface area contributed by atoms with Crippen LogP contribution in [-0.4, -0.2) is 145 Å². The lowest BCUT2D eigenvalue weighted by Crippen LogP contribution is -2.54. The summed E-state index contributed by atoms with van der Waals surface area (Å²) in [5, 5.41) is 22.9. The summed E-state index contributed by atoms with van der Waals surface area (Å²) in [6.45, 7) is 3.00. The maximum Gasteiger partial charge on any atom is 0.264 e. The Morgan fingerprint density at radius 3 is 2.29 bits per heavy atom. The topological polar surface area (TPSA) is 238 Å². The fourth-order valence-corrected chi connectivity index (χ4v) is 7.02. The minimum atomic E-state index is -1.33. The van der Waals surface area contributed by atoms with Crippen molar-refractivity contribution in [3.8, 4) is 11.9 Å². The molecule has 0 radical (unpaired) electrons. The SMILES string of the molecule is N#Cc1cnc2c(cnn2-c2cc(NC3CC3)c(C(=O)CCC(F)COCCOCCOCCOCCOCCNc3cccc4c3C(=O)N(C3CCC(=O)NC3=O)C4=O)cn2)c1. The average Bonchev–Trinajstić information content (AvgIpc) is 3.94. The number of fused-ring (bicyclic) bond motifs is 2. The van der Waals surface area contributed by atoms with Gasteiger partial charge in [0, 0.05) is 55.0 Å². The molecule has 1 aromatic carbocycles. The summed E-state index contributed by atoms with van der Waals surface area (Å²) in [6.07, 6.45) is 5.31. The van der Waals surface area contributed by atoms with Crippen molar-refractivity contribution in [3.05, 3.63) is 71.2 Å². The van der Waals surface area contributed by atoms with E-state index in [1.165, 1.54) is 18.5 Å². The van der Waals surface area contributed by atoms with Crippen molar-refractivity contribution in [3.63, 3.8) is 0 Å². The van der Waals surface area contributed by atoms with Gasteiger partial charge < -0.3 is 34.3 Å². The molecule has 2 unspecified atom stereocenters. The zero-order valence-corrected chi connectivity index (χ0v) is 34.5. The Hall–Kier alpha value is -6.24. The Labute approximate surface area is 361 Å². The summed E-state index contributed by atoms with van der Waals surface area (Å²) in [4.78, 5) is 73.0. The van der Waals surface area contributed by atoms with Crippen LogP contribution in [0.3, 0.4) is 0 Å². The fourth-order valence-electron chi connectivity index (χ4n) is 7.02. The molecule has 2 aliphatic heterocycles. The van der Waals surface area contributed by atoms with Crippen LogP contribution in [0, 0.1) is 11.3 Å². The first-order chi connectivity index (χ1) is 30.7. The zero-order valence-electron chi connectivity index (χ0n) is 34.5. The van der Waals surface area contributed by atoms with Gasteiger partial charge in [-0.3, -0.25) is 34.2 Å². The van der Waals surface area contributed by atoms with Gasteiger partial charge in [-0.2, -0.15) is 15.0 Å². The van der Waals surface area contributed by atoms with Crippen molar-refractivity contribution >= 4 is 51.8 Å². The average molecular weight is 870 g/mol. The molecule has 332 valence electrons. The number of ketones is 1. The predicted molar refractivity (Wildman–Crippen MR) is 222 cm³/mol. The highest BCUT2D eigenvalue weighted by atomic mass is 19.1. The number of hydrogen-bond acceptors (Lipinski definition) is 16. The number of anilines is 2. The smallest absolute Gasteiger partial charge is 0.264 e. The second kappa shape index (κ2) is 21.7. The summed E-state index contributed by atoms with van der Waals surface area (Å²) in [5.41, 5.74) is 2.78. The molecule has 7 rings (SSSR count). The molecule has 1 saturated heterocycles. The molecular weight excluding hydrogens is 822 g/mol. The fraction of sp³-hybridized carbons (Fsp3) is 0.465. The summed E-state index contributed by atoms with van der Waals surface area (Å²) in [6, 6.07) is 9.59. The Balaban J connectivity index is 0.689. The predicted octanol–water partition coefficient (Wildman–Crippen LogP) is 3.16. The summed E-state index contributed by atoms with van der Waals surface area (Å²) in [7, 11) is 0. The second-order valence-electron chi connectivity index (χ2n) is 15.0. The lowest BCUT2D eigenvalue weighted by Gasteiger charge is -2.27. The third-order valence-corrected chi connectivity index (χ3v) is 10.4. The minimum absolute atomic E-state index is 0.00247. The number of aromatic nitrogens is 4. The third-order valence-electron chi connectivity index (χ3n) is 10.4. The van der Waals surface area contributed by atoms with E-state index in [1.807, 2.05) is 0 Å². The summed E-state index contributed by atoms with van der Waals surface area (Å²) >= 11 is 0. The number of ether oxygens (including phenoxy) is 5. The largest absolute Gasteiger partial charge is 0.382 e. The molecule has 63 heavy (non-hydrogen) atoms. The van der Waals surface area contributed by atoms with Gasteiger partial charge in [-0.25, -0.2) is 14.4 Å². The molecule has 4 amide bonds. The Bertz CT molecular complexity index is 2350. The van der Waals surface area contributed by atoms with Gasteiger partial charge in [0.25, 0.3) is 11.8 Å². The van der Waals surface area contributed by atoms with E-state index in [2.05, 4.69) is 37.1 Å². The maximum atomic E-state index is 14.7. The molecule has 4 aromatic rings. The molecule has 19 nitrogen and oxygen atoms in total. The van der Waals surface area contributed by atoms with E-state index in [1.54, 1.807) is 35.1 Å². The minimum Gasteiger partial charge on any atom is -0.382 e. The molecule has 3 aromatic heterocycles. The number of imide groups is 2. The van der Waals surface area contributed by atoms with Crippen molar-refractivity contribution in [2.75, 3.05) is 83.2 Å². The number of nitrogens with one attached hydrogen (secondary N) is 3. The van der Waals surface area contributed by atoms with Crippen LogP contribution in [0.15, 0.2) is 48.9 Å². The number of piperidine rings is 1. The highest BCUT2D eigenvalue weighted by Crippen LogP contribution is 2.33. The van der Waals surface area contributed by atoms with E-state index >= 15 is 0 Å². The van der Waals surface area contributed by atoms with Crippen molar-refractivity contribution in [1.29, 1.82) is 5.26 Å². The highest BCUT2D eigenvalue weighted by Gasteiger charge is 2.45. The van der Waals surface area contributed by atoms with Crippen molar-refractivity contribution in [1.82, 2.24) is 30.0 Å². The van der Waals surface area contributed by atoms with Gasteiger partial charge in [0.1, 0.15) is 18.3 Å². The summed E-state index contributed by atoms with van der Waals surface area (Å²) in [5.74, 6) is -2.01. The van der Waals surface area contributed by atoms with E-state index in [4.69, 9.17) is 23.7 Å². The lowest BCUT2D eigenvalue weighted by molar-refractivity contribution is -0.136. The first-order valence-electron chi connectivity index (χ1n) is 20.9. The molecule has 2 fully saturated rings. The first-order valence-corrected chi connectivity index (χ1v) is 20.9. The van der Waals surface area contributed by atoms with Crippen LogP contribution in [0.2, 0.25) is 0 Å². The van der Waals surface area contributed by atoms with Crippen molar-refractivity contribution < 1.29 is 52.0 Å². The van der Waals surface area contributed by atoms with E-state index in [0.717, 1.165) is 17.7 Å². The van der Waals surface area contributed by atoms with Crippen LogP contribution in [0.5, 0.6) is 0 Å². The van der Waals surface area contributed by atoms with Crippen molar-refractivity contribution in [2.24, 2.45) is 0 Å². The molecule has 5 heterocycles. The van der Waals surface area contributed by atoms with Crippen LogP contribution < -0.4 is 16.0 Å². The Kier molecular flexibility index (Phi) is 15.4. The van der Waals surface area contributed by atoms with Gasteiger partial charge in [0.2, 0.25) is 11.8 Å². The quantitative estimate of drug-likeness (QED) is 0.0467. The zero-order chi connectivity index (χ0) is 44.1. The van der Waals surface area contributed by atoms with Gasteiger partial charge in [-0.15, -0.1) is 0 Å². The second-order valence-corrected chi connectivity index (χ2v) is 15.0. The lowest BCUT2D eigenvalue weighted by atomic mass is 10.0. The van der Waals surface area contributed by atoms with Gasteiger partial charge >= 0.3 is 0 Å². The molecule has 3 N–H and O–H groups in total. The van der Waals surface area contributed by atoms with Crippen LogP contribution in [0.4, 0.5) is 15.8 Å². The van der Waals surface area contributed by atoms with E-state index in [9.17, 15) is 33.6 Å². The number of Topliss-reactive ketones (excluding diaryl/α,β-unsaturated/α-hetero) is 1. The third kappa shape index (κ3) is 11.6. The summed E-state index contributed by atoms with van der Waals surface area (Å²) < 4.78 is 43.8. The monoisotopic (exact) mass is 869 g/mol. The molecule has 0 spiro atoms. The van der Waals surface area contributed by atoms with Crippen LogP contribution >= 0.6 is 0 Å². The van der Waals surface area contributed by atoms with E-state index < -0.39 is 35.8 Å². The molecule has 20 heteroatoms. The maximum absolute atomic E-state index is 14.7. The van der Waals surface area contributed by atoms with Gasteiger partial charge in [-0.1, -0.05) is 6.07 Å². The number of benzene rings is 1. The molecular formula is C43H48FN9O10.